The monoisotopic (exact) mass is 334 g/mol. The molecule has 3 aromatic carbocycles. The third-order valence-corrected chi connectivity index (χ3v) is 4.12. The summed E-state index contributed by atoms with van der Waals surface area (Å²) < 4.78 is 10.6. The molecule has 0 bridgehead atoms. The summed E-state index contributed by atoms with van der Waals surface area (Å²) in [5.41, 5.74) is 1.87. The Morgan fingerprint density at radius 2 is 1.80 bits per heavy atom. The van der Waals surface area contributed by atoms with Crippen molar-refractivity contribution in [3.8, 4) is 11.5 Å². The van der Waals surface area contributed by atoms with E-state index in [-0.39, 0.29) is 19.2 Å². The van der Waals surface area contributed by atoms with Crippen LogP contribution in [-0.4, -0.2) is 19.2 Å². The largest absolute Gasteiger partial charge is 0.454 e. The van der Waals surface area contributed by atoms with Crippen molar-refractivity contribution in [2.45, 2.75) is 6.54 Å². The maximum Gasteiger partial charge on any atom is 0.238 e. The quantitative estimate of drug-likeness (QED) is 0.752. The van der Waals surface area contributed by atoms with Crippen LogP contribution in [-0.2, 0) is 11.3 Å². The first-order valence-electron chi connectivity index (χ1n) is 8.16. The van der Waals surface area contributed by atoms with Crippen LogP contribution < -0.4 is 20.1 Å². The van der Waals surface area contributed by atoms with Crippen molar-refractivity contribution in [2.24, 2.45) is 0 Å². The van der Waals surface area contributed by atoms with E-state index in [9.17, 15) is 4.79 Å². The van der Waals surface area contributed by atoms with E-state index in [2.05, 4.69) is 10.6 Å². The predicted octanol–water partition coefficient (Wildman–Crippen LogP) is 3.30. The minimum atomic E-state index is -0.0721. The van der Waals surface area contributed by atoms with Crippen molar-refractivity contribution in [1.82, 2.24) is 5.32 Å². The molecule has 5 nitrogen and oxygen atoms in total. The minimum Gasteiger partial charge on any atom is -0.454 e. The predicted molar refractivity (Wildman–Crippen MR) is 96.8 cm³/mol. The van der Waals surface area contributed by atoms with Crippen LogP contribution >= 0.6 is 0 Å². The van der Waals surface area contributed by atoms with Gasteiger partial charge in [-0.05, 0) is 29.1 Å². The molecule has 0 aliphatic carbocycles. The third-order valence-electron chi connectivity index (χ3n) is 4.12. The Balaban J connectivity index is 1.35. The summed E-state index contributed by atoms with van der Waals surface area (Å²) >= 11 is 0. The molecule has 0 fully saturated rings. The van der Waals surface area contributed by atoms with E-state index < -0.39 is 0 Å². The van der Waals surface area contributed by atoms with Crippen molar-refractivity contribution in [3.05, 3.63) is 66.2 Å². The second kappa shape index (κ2) is 6.83. The average Bonchev–Trinajstić information content (AvgIpc) is 3.10. The maximum atomic E-state index is 12.2. The average molecular weight is 334 g/mol. The molecular formula is C20H18N2O3. The Hall–Kier alpha value is -3.05. The molecule has 126 valence electrons. The molecule has 1 aliphatic rings. The fourth-order valence-electron chi connectivity index (χ4n) is 2.90. The highest BCUT2D eigenvalue weighted by Gasteiger charge is 2.13. The molecule has 2 N–H and O–H groups in total. The van der Waals surface area contributed by atoms with E-state index >= 15 is 0 Å². The van der Waals surface area contributed by atoms with E-state index in [0.29, 0.717) is 6.54 Å². The molecule has 1 heterocycles. The smallest absolute Gasteiger partial charge is 0.238 e. The molecule has 0 radical (unpaired) electrons. The first kappa shape index (κ1) is 15.5. The lowest BCUT2D eigenvalue weighted by Crippen LogP contribution is -2.27. The zero-order valence-corrected chi connectivity index (χ0v) is 13.6. The molecule has 0 saturated heterocycles. The Bertz CT molecular complexity index is 918. The van der Waals surface area contributed by atoms with E-state index in [4.69, 9.17) is 9.47 Å². The van der Waals surface area contributed by atoms with Gasteiger partial charge in [-0.15, -0.1) is 0 Å². The Labute approximate surface area is 145 Å². The number of hydrogen-bond donors (Lipinski definition) is 2. The molecule has 0 spiro atoms. The maximum absolute atomic E-state index is 12.2. The Morgan fingerprint density at radius 1 is 0.960 bits per heavy atom. The van der Waals surface area contributed by atoms with E-state index in [1.54, 1.807) is 0 Å². The summed E-state index contributed by atoms with van der Waals surface area (Å²) in [6.07, 6.45) is 0. The van der Waals surface area contributed by atoms with Crippen LogP contribution in [0.5, 0.6) is 11.5 Å². The number of anilines is 1. The summed E-state index contributed by atoms with van der Waals surface area (Å²) in [7, 11) is 0. The van der Waals surface area contributed by atoms with Crippen molar-refractivity contribution < 1.29 is 14.3 Å². The van der Waals surface area contributed by atoms with Crippen LogP contribution in [0, 0.1) is 0 Å². The van der Waals surface area contributed by atoms with E-state index in [1.807, 2.05) is 60.7 Å². The number of fused-ring (bicyclic) bond motifs is 2. The zero-order chi connectivity index (χ0) is 17.1. The summed E-state index contributed by atoms with van der Waals surface area (Å²) in [6.45, 7) is 1.08. The molecule has 0 unspecified atom stereocenters. The van der Waals surface area contributed by atoms with Crippen LogP contribution in [0.2, 0.25) is 0 Å². The summed E-state index contributed by atoms with van der Waals surface area (Å²) in [5, 5.41) is 8.26. The topological polar surface area (TPSA) is 59.6 Å². The van der Waals surface area contributed by atoms with Crippen molar-refractivity contribution in [3.63, 3.8) is 0 Å². The molecule has 0 atom stereocenters. The first-order chi connectivity index (χ1) is 12.3. The lowest BCUT2D eigenvalue weighted by atomic mass is 10.1. The van der Waals surface area contributed by atoms with Gasteiger partial charge in [-0.1, -0.05) is 42.5 Å². The van der Waals surface area contributed by atoms with E-state index in [0.717, 1.165) is 33.5 Å². The van der Waals surface area contributed by atoms with Gasteiger partial charge >= 0.3 is 0 Å². The number of benzene rings is 3. The number of nitrogens with one attached hydrogen (secondary N) is 2. The molecule has 0 aromatic heterocycles. The SMILES string of the molecule is O=C(CNCc1ccc2c(c1)OCO2)Nc1cccc2ccccc12. The number of rotatable bonds is 5. The van der Waals surface area contributed by atoms with Crippen LogP contribution in [0.1, 0.15) is 5.56 Å². The van der Waals surface area contributed by atoms with Gasteiger partial charge in [0.2, 0.25) is 12.7 Å². The van der Waals surface area contributed by atoms with Gasteiger partial charge in [0.15, 0.2) is 11.5 Å². The lowest BCUT2D eigenvalue weighted by molar-refractivity contribution is -0.115. The third kappa shape index (κ3) is 3.41. The first-order valence-corrected chi connectivity index (χ1v) is 8.16. The fourth-order valence-corrected chi connectivity index (χ4v) is 2.90. The molecule has 25 heavy (non-hydrogen) atoms. The minimum absolute atomic E-state index is 0.0721. The van der Waals surface area contributed by atoms with Crippen molar-refractivity contribution >= 4 is 22.4 Å². The van der Waals surface area contributed by atoms with Gasteiger partial charge in [0, 0.05) is 17.6 Å². The van der Waals surface area contributed by atoms with Gasteiger partial charge in [-0.25, -0.2) is 0 Å². The second-order valence-corrected chi connectivity index (χ2v) is 5.87. The fraction of sp³-hybridized carbons (Fsp3) is 0.150. The summed E-state index contributed by atoms with van der Waals surface area (Å²) in [6, 6.07) is 19.7. The van der Waals surface area contributed by atoms with Gasteiger partial charge < -0.3 is 20.1 Å². The van der Waals surface area contributed by atoms with Crippen LogP contribution in [0.15, 0.2) is 60.7 Å². The molecule has 3 aromatic rings. The lowest BCUT2D eigenvalue weighted by Gasteiger charge is -2.10. The van der Waals surface area contributed by atoms with Gasteiger partial charge in [-0.2, -0.15) is 0 Å². The zero-order valence-electron chi connectivity index (χ0n) is 13.6. The molecule has 5 heteroatoms. The van der Waals surface area contributed by atoms with Gasteiger partial charge in [-0.3, -0.25) is 4.79 Å². The number of ether oxygens (including phenoxy) is 2. The van der Waals surface area contributed by atoms with Crippen molar-refractivity contribution in [2.75, 3.05) is 18.7 Å². The molecule has 0 saturated carbocycles. The van der Waals surface area contributed by atoms with Gasteiger partial charge in [0.25, 0.3) is 0 Å². The summed E-state index contributed by atoms with van der Waals surface area (Å²) in [4.78, 5) is 12.2. The summed E-state index contributed by atoms with van der Waals surface area (Å²) in [5.74, 6) is 1.44. The number of carbonyl (C=O) groups excluding carboxylic acids is 1. The highest BCUT2D eigenvalue weighted by atomic mass is 16.7. The Kier molecular flexibility index (Phi) is 4.23. The van der Waals surface area contributed by atoms with Gasteiger partial charge in [0.05, 0.1) is 6.54 Å². The van der Waals surface area contributed by atoms with Crippen molar-refractivity contribution in [1.29, 1.82) is 0 Å². The molecule has 1 amide bonds. The number of carbonyl (C=O) groups is 1. The number of amides is 1. The normalized spacial score (nSPS) is 12.3. The highest BCUT2D eigenvalue weighted by Crippen LogP contribution is 2.32. The Morgan fingerprint density at radius 3 is 2.76 bits per heavy atom. The number of hydrogen-bond acceptors (Lipinski definition) is 4. The van der Waals surface area contributed by atoms with E-state index in [1.165, 1.54) is 0 Å². The second-order valence-electron chi connectivity index (χ2n) is 5.87. The highest BCUT2D eigenvalue weighted by molar-refractivity contribution is 6.02. The van der Waals surface area contributed by atoms with Crippen LogP contribution in [0.25, 0.3) is 10.8 Å². The molecular weight excluding hydrogens is 316 g/mol. The van der Waals surface area contributed by atoms with Crippen LogP contribution in [0.4, 0.5) is 5.69 Å². The molecule has 4 rings (SSSR count). The van der Waals surface area contributed by atoms with Crippen LogP contribution in [0.3, 0.4) is 0 Å². The standard InChI is InChI=1S/C20H18N2O3/c23-20(22-17-7-3-5-15-4-1-2-6-16(15)17)12-21-11-14-8-9-18-19(10-14)25-13-24-18/h1-10,21H,11-13H2,(H,22,23). The van der Waals surface area contributed by atoms with Gasteiger partial charge in [0.1, 0.15) is 0 Å². The molecule has 1 aliphatic heterocycles.